The molecule has 2 rings (SSSR count). The topological polar surface area (TPSA) is 14.2 Å². The van der Waals surface area contributed by atoms with Gasteiger partial charge in [0.15, 0.2) is 0 Å². The maximum atomic E-state index is 5.23. The normalized spacial score (nSPS) is 11.6. The van der Waals surface area contributed by atoms with E-state index in [9.17, 15) is 0 Å². The molecule has 0 unspecified atom stereocenters. The molecule has 2 aromatic rings. The molecule has 3 heteroatoms. The first-order chi connectivity index (χ1) is 7.63. The van der Waals surface area contributed by atoms with Gasteiger partial charge in [0.1, 0.15) is 0 Å². The average Bonchev–Trinajstić information content (AvgIpc) is 2.61. The van der Waals surface area contributed by atoms with E-state index in [0.29, 0.717) is 12.6 Å². The van der Waals surface area contributed by atoms with Crippen molar-refractivity contribution in [1.29, 1.82) is 0 Å². The monoisotopic (exact) mass is 281 g/mol. The fourth-order valence-corrected chi connectivity index (χ4v) is 2.52. The Kier molecular flexibility index (Phi) is 3.36. The largest absolute Gasteiger partial charge is 0.380 e. The number of aromatic nitrogens is 1. The second kappa shape index (κ2) is 4.60. The zero-order valence-electron chi connectivity index (χ0n) is 9.83. The summed E-state index contributed by atoms with van der Waals surface area (Å²) >= 11 is 3.55. The van der Waals surface area contributed by atoms with Crippen LogP contribution in [0.4, 0.5) is 0 Å². The van der Waals surface area contributed by atoms with E-state index in [0.717, 1.165) is 4.47 Å². The molecule has 0 aliphatic carbocycles. The van der Waals surface area contributed by atoms with Crippen LogP contribution in [-0.4, -0.2) is 11.7 Å². The summed E-state index contributed by atoms with van der Waals surface area (Å²) in [7, 11) is 1.73. The molecule has 0 amide bonds. The number of hydrogen-bond donors (Lipinski definition) is 0. The van der Waals surface area contributed by atoms with Crippen molar-refractivity contribution in [1.82, 2.24) is 4.57 Å². The van der Waals surface area contributed by atoms with Crippen LogP contribution in [0.3, 0.4) is 0 Å². The fourth-order valence-electron chi connectivity index (χ4n) is 2.03. The smallest absolute Gasteiger partial charge is 0.0720 e. The molecule has 2 nitrogen and oxygen atoms in total. The van der Waals surface area contributed by atoms with Crippen molar-refractivity contribution in [2.75, 3.05) is 7.11 Å². The maximum Gasteiger partial charge on any atom is 0.0720 e. The van der Waals surface area contributed by atoms with Crippen molar-refractivity contribution in [2.24, 2.45) is 0 Å². The van der Waals surface area contributed by atoms with Crippen LogP contribution in [0.2, 0.25) is 0 Å². The first-order valence-corrected chi connectivity index (χ1v) is 6.20. The number of ether oxygens (including phenoxy) is 1. The van der Waals surface area contributed by atoms with E-state index in [4.69, 9.17) is 4.74 Å². The predicted molar refractivity (Wildman–Crippen MR) is 70.7 cm³/mol. The lowest BCUT2D eigenvalue weighted by molar-refractivity contribution is 0.186. The average molecular weight is 282 g/mol. The van der Waals surface area contributed by atoms with E-state index in [1.165, 1.54) is 16.5 Å². The second-order valence-electron chi connectivity index (χ2n) is 4.25. The molecule has 0 spiro atoms. The number of methoxy groups -OCH3 is 1. The summed E-state index contributed by atoms with van der Waals surface area (Å²) in [6.07, 6.45) is 2.14. The number of hydrogen-bond acceptors (Lipinski definition) is 1. The van der Waals surface area contributed by atoms with E-state index in [1.807, 2.05) is 0 Å². The third kappa shape index (κ3) is 2.02. The summed E-state index contributed by atoms with van der Waals surface area (Å²) in [5.41, 5.74) is 2.49. The van der Waals surface area contributed by atoms with Gasteiger partial charge in [0.05, 0.1) is 6.61 Å². The molecule has 0 bridgehead atoms. The maximum absolute atomic E-state index is 5.23. The second-order valence-corrected chi connectivity index (χ2v) is 5.16. The highest BCUT2D eigenvalue weighted by molar-refractivity contribution is 9.10. The van der Waals surface area contributed by atoms with Crippen LogP contribution in [0.25, 0.3) is 10.9 Å². The van der Waals surface area contributed by atoms with E-state index < -0.39 is 0 Å². The lowest BCUT2D eigenvalue weighted by Gasteiger charge is -2.11. The number of halogens is 1. The van der Waals surface area contributed by atoms with E-state index in [-0.39, 0.29) is 0 Å². The summed E-state index contributed by atoms with van der Waals surface area (Å²) in [5.74, 6) is 0. The van der Waals surface area contributed by atoms with Crippen LogP contribution in [0, 0.1) is 0 Å². The van der Waals surface area contributed by atoms with Crippen molar-refractivity contribution in [2.45, 2.75) is 26.5 Å². The minimum absolute atomic E-state index is 0.474. The van der Waals surface area contributed by atoms with E-state index in [2.05, 4.69) is 58.7 Å². The van der Waals surface area contributed by atoms with Gasteiger partial charge >= 0.3 is 0 Å². The highest BCUT2D eigenvalue weighted by atomic mass is 79.9. The van der Waals surface area contributed by atoms with Gasteiger partial charge in [-0.2, -0.15) is 0 Å². The molecule has 1 aromatic heterocycles. The first-order valence-electron chi connectivity index (χ1n) is 5.41. The van der Waals surface area contributed by atoms with Crippen LogP contribution in [0.1, 0.15) is 25.5 Å². The van der Waals surface area contributed by atoms with Gasteiger partial charge in [-0.25, -0.2) is 0 Å². The lowest BCUT2D eigenvalue weighted by Crippen LogP contribution is -1.98. The zero-order valence-corrected chi connectivity index (χ0v) is 11.4. The van der Waals surface area contributed by atoms with Gasteiger partial charge in [-0.15, -0.1) is 0 Å². The molecule has 0 fully saturated rings. The van der Waals surface area contributed by atoms with Gasteiger partial charge in [0, 0.05) is 34.7 Å². The molecule has 0 saturated carbocycles. The highest BCUT2D eigenvalue weighted by Crippen LogP contribution is 2.27. The quantitative estimate of drug-likeness (QED) is 0.825. The fraction of sp³-hybridized carbons (Fsp3) is 0.385. The Balaban J connectivity index is 2.65. The van der Waals surface area contributed by atoms with Gasteiger partial charge in [0.2, 0.25) is 0 Å². The zero-order chi connectivity index (χ0) is 11.7. The Morgan fingerprint density at radius 1 is 1.38 bits per heavy atom. The van der Waals surface area contributed by atoms with Crippen molar-refractivity contribution in [3.8, 4) is 0 Å². The van der Waals surface area contributed by atoms with Crippen molar-refractivity contribution in [3.05, 3.63) is 34.4 Å². The molecule has 1 aromatic carbocycles. The third-order valence-electron chi connectivity index (χ3n) is 2.74. The number of nitrogens with zero attached hydrogens (tertiary/aromatic N) is 1. The molecule has 0 atom stereocenters. The summed E-state index contributed by atoms with van der Waals surface area (Å²) in [6.45, 7) is 5.03. The Morgan fingerprint density at radius 3 is 2.75 bits per heavy atom. The first kappa shape index (κ1) is 11.7. The third-order valence-corrected chi connectivity index (χ3v) is 3.20. The molecule has 1 heterocycles. The van der Waals surface area contributed by atoms with Crippen molar-refractivity contribution < 1.29 is 4.74 Å². The van der Waals surface area contributed by atoms with Gasteiger partial charge < -0.3 is 9.30 Å². The minimum atomic E-state index is 0.474. The molecule has 16 heavy (non-hydrogen) atoms. The van der Waals surface area contributed by atoms with Gasteiger partial charge in [-0.3, -0.25) is 0 Å². The predicted octanol–water partition coefficient (Wildman–Crippen LogP) is 4.13. The standard InChI is InChI=1S/C13H16BrNO/c1-9(2)15-5-4-12-10(8-16-3)6-11(14)7-13(12)15/h4-7,9H,8H2,1-3H3. The Morgan fingerprint density at radius 2 is 2.12 bits per heavy atom. The summed E-state index contributed by atoms with van der Waals surface area (Å²) in [5, 5.41) is 1.28. The summed E-state index contributed by atoms with van der Waals surface area (Å²) in [4.78, 5) is 0. The van der Waals surface area contributed by atoms with Crippen LogP contribution in [0.15, 0.2) is 28.9 Å². The van der Waals surface area contributed by atoms with E-state index >= 15 is 0 Å². The lowest BCUT2D eigenvalue weighted by atomic mass is 10.1. The van der Waals surface area contributed by atoms with Crippen LogP contribution in [0.5, 0.6) is 0 Å². The van der Waals surface area contributed by atoms with Crippen molar-refractivity contribution >= 4 is 26.8 Å². The Labute approximate surface area is 104 Å². The highest BCUT2D eigenvalue weighted by Gasteiger charge is 2.09. The Hall–Kier alpha value is -0.800. The van der Waals surface area contributed by atoms with E-state index in [1.54, 1.807) is 7.11 Å². The Bertz CT molecular complexity index is 502. The van der Waals surface area contributed by atoms with Gasteiger partial charge in [0.25, 0.3) is 0 Å². The van der Waals surface area contributed by atoms with Crippen LogP contribution in [-0.2, 0) is 11.3 Å². The molecular weight excluding hydrogens is 266 g/mol. The summed E-state index contributed by atoms with van der Waals surface area (Å²) < 4.78 is 8.61. The van der Waals surface area contributed by atoms with Crippen LogP contribution >= 0.6 is 15.9 Å². The molecule has 0 N–H and O–H groups in total. The van der Waals surface area contributed by atoms with Gasteiger partial charge in [-0.1, -0.05) is 15.9 Å². The molecule has 0 saturated heterocycles. The van der Waals surface area contributed by atoms with Crippen LogP contribution < -0.4 is 0 Å². The molecular formula is C13H16BrNO. The SMILES string of the molecule is COCc1cc(Br)cc2c1ccn2C(C)C. The number of rotatable bonds is 3. The minimum Gasteiger partial charge on any atom is -0.380 e. The number of fused-ring (bicyclic) bond motifs is 1. The van der Waals surface area contributed by atoms with Gasteiger partial charge in [-0.05, 0) is 37.6 Å². The molecule has 0 aliphatic heterocycles. The van der Waals surface area contributed by atoms with Crippen molar-refractivity contribution in [3.63, 3.8) is 0 Å². The summed E-state index contributed by atoms with van der Waals surface area (Å²) in [6, 6.07) is 6.92. The molecule has 0 radical (unpaired) electrons. The molecule has 86 valence electrons. The number of benzene rings is 1. The molecule has 0 aliphatic rings.